The van der Waals surface area contributed by atoms with Gasteiger partial charge in [-0.25, -0.2) is 13.1 Å². The molecule has 3 aliphatic carbocycles. The van der Waals surface area contributed by atoms with E-state index in [9.17, 15) is 8.42 Å². The third-order valence-corrected chi connectivity index (χ3v) is 9.48. The Morgan fingerprint density at radius 3 is 2.48 bits per heavy atom. The largest absolute Gasteiger partial charge is 0.493 e. The molecule has 0 amide bonds. The van der Waals surface area contributed by atoms with Crippen LogP contribution in [0.25, 0.3) is 0 Å². The monoisotopic (exact) mass is 419 g/mol. The summed E-state index contributed by atoms with van der Waals surface area (Å²) in [5.74, 6) is 2.09. The van der Waals surface area contributed by atoms with E-state index in [1.165, 1.54) is 5.56 Å². The molecular formula is C23H33NO4S. The molecule has 3 saturated carbocycles. The fraction of sp³-hybridized carbons (Fsp3) is 0.739. The first kappa shape index (κ1) is 19.8. The fourth-order valence-corrected chi connectivity index (χ4v) is 7.25. The summed E-state index contributed by atoms with van der Waals surface area (Å²) in [5, 5.41) is -0.173. The summed E-state index contributed by atoms with van der Waals surface area (Å²) < 4.78 is 41.1. The van der Waals surface area contributed by atoms with Crippen molar-refractivity contribution in [1.82, 2.24) is 4.72 Å². The Kier molecular flexibility index (Phi) is 5.61. The normalized spacial score (nSPS) is 35.5. The molecule has 3 atom stereocenters. The Bertz CT molecular complexity index is 814. The molecule has 1 unspecified atom stereocenters. The lowest BCUT2D eigenvalue weighted by Crippen LogP contribution is -2.49. The van der Waals surface area contributed by atoms with E-state index in [1.807, 2.05) is 0 Å². The average molecular weight is 420 g/mol. The van der Waals surface area contributed by atoms with Crippen LogP contribution in [0.2, 0.25) is 0 Å². The van der Waals surface area contributed by atoms with Crippen LogP contribution in [0.5, 0.6) is 5.75 Å². The van der Waals surface area contributed by atoms with Crippen LogP contribution in [0.4, 0.5) is 0 Å². The van der Waals surface area contributed by atoms with Crippen LogP contribution in [0.15, 0.2) is 24.3 Å². The SMILES string of the molecule is O=S(=O)(N[C@H]1CCCC2COc3ccccc3C3CCC(CC3)OC[C@H]21)C1CC1. The Balaban J connectivity index is 1.39. The average Bonchev–Trinajstić information content (AvgIpc) is 3.57. The maximum atomic E-state index is 12.6. The van der Waals surface area contributed by atoms with Crippen molar-refractivity contribution < 1.29 is 17.9 Å². The molecule has 2 aliphatic heterocycles. The number of para-hydroxylation sites is 1. The molecule has 1 aromatic carbocycles. The summed E-state index contributed by atoms with van der Waals surface area (Å²) in [7, 11) is -3.19. The number of fused-ring (bicyclic) bond motifs is 4. The van der Waals surface area contributed by atoms with Crippen molar-refractivity contribution in [2.45, 2.75) is 81.1 Å². The van der Waals surface area contributed by atoms with Gasteiger partial charge >= 0.3 is 0 Å². The van der Waals surface area contributed by atoms with Crippen LogP contribution in [0, 0.1) is 11.8 Å². The van der Waals surface area contributed by atoms with Gasteiger partial charge in [-0.2, -0.15) is 0 Å². The number of rotatable bonds is 3. The lowest BCUT2D eigenvalue weighted by molar-refractivity contribution is -0.0298. The van der Waals surface area contributed by atoms with E-state index >= 15 is 0 Å². The summed E-state index contributed by atoms with van der Waals surface area (Å²) in [6, 6.07) is 8.47. The van der Waals surface area contributed by atoms with Crippen LogP contribution in [0.3, 0.4) is 0 Å². The highest BCUT2D eigenvalue weighted by molar-refractivity contribution is 7.90. The summed E-state index contributed by atoms with van der Waals surface area (Å²) in [4.78, 5) is 0. The van der Waals surface area contributed by atoms with Crippen molar-refractivity contribution in [3.63, 3.8) is 0 Å². The molecule has 1 aromatic rings. The maximum absolute atomic E-state index is 12.6. The second-order valence-electron chi connectivity index (χ2n) is 9.48. The second-order valence-corrected chi connectivity index (χ2v) is 11.5. The Labute approximate surface area is 174 Å². The quantitative estimate of drug-likeness (QED) is 0.805. The van der Waals surface area contributed by atoms with E-state index in [0.29, 0.717) is 31.2 Å². The van der Waals surface area contributed by atoms with Crippen molar-refractivity contribution in [2.24, 2.45) is 11.8 Å². The van der Waals surface area contributed by atoms with Gasteiger partial charge in [0.25, 0.3) is 0 Å². The van der Waals surface area contributed by atoms with Crippen molar-refractivity contribution in [3.05, 3.63) is 29.8 Å². The van der Waals surface area contributed by atoms with E-state index in [0.717, 1.165) is 63.5 Å². The van der Waals surface area contributed by atoms with E-state index in [1.54, 1.807) is 0 Å². The molecule has 2 heterocycles. The van der Waals surface area contributed by atoms with Crippen LogP contribution in [-0.2, 0) is 14.8 Å². The number of hydrogen-bond acceptors (Lipinski definition) is 4. The molecule has 6 rings (SSSR count). The van der Waals surface area contributed by atoms with Gasteiger partial charge in [0.15, 0.2) is 0 Å². The molecule has 5 aliphatic rings. The lowest BCUT2D eigenvalue weighted by atomic mass is 9.76. The van der Waals surface area contributed by atoms with Gasteiger partial charge in [-0.3, -0.25) is 0 Å². The Morgan fingerprint density at radius 2 is 1.69 bits per heavy atom. The minimum Gasteiger partial charge on any atom is -0.493 e. The molecule has 6 heteroatoms. The third-order valence-electron chi connectivity index (χ3n) is 7.50. The first-order valence-corrected chi connectivity index (χ1v) is 13.0. The number of hydrogen-bond donors (Lipinski definition) is 1. The Morgan fingerprint density at radius 1 is 0.897 bits per heavy atom. The summed E-state index contributed by atoms with van der Waals surface area (Å²) in [5.41, 5.74) is 1.34. The summed E-state index contributed by atoms with van der Waals surface area (Å²) in [6.07, 6.45) is 9.35. The molecule has 0 saturated heterocycles. The predicted molar refractivity (Wildman–Crippen MR) is 113 cm³/mol. The fourth-order valence-electron chi connectivity index (χ4n) is 5.58. The molecule has 0 spiro atoms. The first-order valence-electron chi connectivity index (χ1n) is 11.4. The van der Waals surface area contributed by atoms with Crippen molar-refractivity contribution in [2.75, 3.05) is 13.2 Å². The van der Waals surface area contributed by atoms with Gasteiger partial charge in [0, 0.05) is 12.0 Å². The van der Waals surface area contributed by atoms with Crippen LogP contribution in [0.1, 0.15) is 69.3 Å². The van der Waals surface area contributed by atoms with E-state index in [4.69, 9.17) is 9.47 Å². The molecule has 1 N–H and O–H groups in total. The van der Waals surface area contributed by atoms with Crippen LogP contribution in [-0.4, -0.2) is 39.0 Å². The smallest absolute Gasteiger partial charge is 0.214 e. The topological polar surface area (TPSA) is 64.6 Å². The standard InChI is InChI=1S/C23H33NO4S/c25-29(26,19-12-13-19)24-22-6-3-4-17-14-28-23-7-2-1-5-20(23)16-8-10-18(11-9-16)27-15-21(17)22/h1-2,5,7,16-19,21-22,24H,3-4,6,8-15H2/t16?,17?,18?,21-,22+/m1/s1. The van der Waals surface area contributed by atoms with Gasteiger partial charge in [0.2, 0.25) is 10.0 Å². The van der Waals surface area contributed by atoms with Crippen molar-refractivity contribution in [1.29, 1.82) is 0 Å². The molecule has 0 aromatic heterocycles. The zero-order chi connectivity index (χ0) is 19.8. The van der Waals surface area contributed by atoms with Crippen molar-refractivity contribution in [3.8, 4) is 5.75 Å². The molecule has 3 fully saturated rings. The predicted octanol–water partition coefficient (Wildman–Crippen LogP) is 3.99. The molecule has 160 valence electrons. The summed E-state index contributed by atoms with van der Waals surface area (Å²) >= 11 is 0. The second kappa shape index (κ2) is 8.20. The highest BCUT2D eigenvalue weighted by atomic mass is 32.2. The van der Waals surface area contributed by atoms with E-state index in [-0.39, 0.29) is 17.2 Å². The zero-order valence-corrected chi connectivity index (χ0v) is 17.9. The molecule has 0 radical (unpaired) electrons. The minimum absolute atomic E-state index is 0.0301. The van der Waals surface area contributed by atoms with Gasteiger partial charge in [0.1, 0.15) is 5.75 Å². The van der Waals surface area contributed by atoms with Crippen LogP contribution >= 0.6 is 0 Å². The van der Waals surface area contributed by atoms with E-state index in [2.05, 4.69) is 29.0 Å². The third kappa shape index (κ3) is 4.35. The van der Waals surface area contributed by atoms with Gasteiger partial charge < -0.3 is 9.47 Å². The number of ether oxygens (including phenoxy) is 2. The molecule has 29 heavy (non-hydrogen) atoms. The highest BCUT2D eigenvalue weighted by Gasteiger charge is 2.42. The van der Waals surface area contributed by atoms with Crippen LogP contribution < -0.4 is 9.46 Å². The van der Waals surface area contributed by atoms with Gasteiger partial charge in [-0.05, 0) is 74.8 Å². The highest BCUT2D eigenvalue weighted by Crippen LogP contribution is 2.41. The maximum Gasteiger partial charge on any atom is 0.214 e. The van der Waals surface area contributed by atoms with Crippen molar-refractivity contribution >= 4 is 10.0 Å². The molecular weight excluding hydrogens is 386 g/mol. The summed E-state index contributed by atoms with van der Waals surface area (Å²) in [6.45, 7) is 1.28. The van der Waals surface area contributed by atoms with E-state index < -0.39 is 10.0 Å². The number of nitrogens with one attached hydrogen (secondary N) is 1. The van der Waals surface area contributed by atoms with Gasteiger partial charge in [-0.1, -0.05) is 24.6 Å². The molecule has 2 bridgehead atoms. The Hall–Kier alpha value is -1.11. The minimum atomic E-state index is -3.19. The zero-order valence-electron chi connectivity index (χ0n) is 17.1. The van der Waals surface area contributed by atoms with Gasteiger partial charge in [-0.15, -0.1) is 0 Å². The first-order chi connectivity index (χ1) is 14.1. The van der Waals surface area contributed by atoms with Gasteiger partial charge in [0.05, 0.1) is 24.6 Å². The lowest BCUT2D eigenvalue weighted by Gasteiger charge is -2.40. The number of sulfonamides is 1. The number of benzene rings is 1. The molecule has 5 nitrogen and oxygen atoms in total.